The van der Waals surface area contributed by atoms with Gasteiger partial charge in [-0.05, 0) is 12.5 Å². The molecule has 0 heterocycles. The first-order chi connectivity index (χ1) is 3.77. The van der Waals surface area contributed by atoms with Crippen molar-refractivity contribution in [2.24, 2.45) is 0 Å². The summed E-state index contributed by atoms with van der Waals surface area (Å²) in [6, 6.07) is 2.54. The Hall–Kier alpha value is 0.667. The fourth-order valence-electron chi connectivity index (χ4n) is 0.335. The normalized spacial score (nSPS) is 9.25. The first kappa shape index (κ1) is 8.67. The number of halogens is 2. The molecule has 1 nitrogen and oxygen atoms in total. The Morgan fingerprint density at radius 3 is 2.50 bits per heavy atom. The average Bonchev–Trinajstić information content (AvgIpc) is 1.66. The van der Waals surface area contributed by atoms with Gasteiger partial charge in [-0.1, -0.05) is 0 Å². The molecule has 0 aromatic rings. The number of rotatable bonds is 3. The third-order valence-electron chi connectivity index (χ3n) is 0.711. The van der Waals surface area contributed by atoms with E-state index in [0.717, 1.165) is 12.5 Å². The van der Waals surface area contributed by atoms with Crippen LogP contribution in [0.5, 0.6) is 0 Å². The van der Waals surface area contributed by atoms with Gasteiger partial charge >= 0.3 is 0 Å². The van der Waals surface area contributed by atoms with Gasteiger partial charge in [0.2, 0.25) is 0 Å². The van der Waals surface area contributed by atoms with Crippen LogP contribution in [-0.4, -0.2) is 6.04 Å². The minimum atomic E-state index is -0.728. The summed E-state index contributed by atoms with van der Waals surface area (Å²) < 4.78 is 0. The fraction of sp³-hybridized carbons (Fsp3) is 0.750. The van der Waals surface area contributed by atoms with Crippen molar-refractivity contribution in [2.75, 3.05) is 0 Å². The van der Waals surface area contributed by atoms with Crippen molar-refractivity contribution in [1.82, 2.24) is 0 Å². The molecule has 0 saturated heterocycles. The molecule has 0 fully saturated rings. The largest absolute Gasteiger partial charge is 0.198 e. The van der Waals surface area contributed by atoms with Gasteiger partial charge in [-0.3, -0.25) is 0 Å². The monoisotopic (exact) mass is 255 g/mol. The molecule has 0 atom stereocenters. The topological polar surface area (TPSA) is 23.8 Å². The Balaban J connectivity index is 2.85. The van der Waals surface area contributed by atoms with Crippen LogP contribution in [0.15, 0.2) is 0 Å². The van der Waals surface area contributed by atoms with Gasteiger partial charge in [0, 0.05) is 6.42 Å². The number of nitrogens with zero attached hydrogens (tertiary/aromatic N) is 1. The molecular formula is C4H7Br2NSi. The van der Waals surface area contributed by atoms with E-state index >= 15 is 0 Å². The zero-order valence-electron chi connectivity index (χ0n) is 4.40. The number of hydrogen-bond donors (Lipinski definition) is 0. The molecule has 4 heteroatoms. The van der Waals surface area contributed by atoms with Gasteiger partial charge in [0.25, 0.3) is 0 Å². The lowest BCUT2D eigenvalue weighted by molar-refractivity contribution is 0.963. The van der Waals surface area contributed by atoms with Crippen LogP contribution in [-0.2, 0) is 0 Å². The number of hydrogen-bond acceptors (Lipinski definition) is 1. The highest BCUT2D eigenvalue weighted by Crippen LogP contribution is 2.11. The van der Waals surface area contributed by atoms with Crippen molar-refractivity contribution in [1.29, 1.82) is 5.26 Å². The summed E-state index contributed by atoms with van der Waals surface area (Å²) >= 11 is 6.90. The van der Waals surface area contributed by atoms with Gasteiger partial charge in [0.1, 0.15) is 0 Å². The first-order valence-corrected chi connectivity index (χ1v) is 9.61. The molecule has 0 aromatic heterocycles. The van der Waals surface area contributed by atoms with Crippen LogP contribution >= 0.6 is 30.6 Å². The summed E-state index contributed by atoms with van der Waals surface area (Å²) in [6.07, 6.45) is 1.73. The quantitative estimate of drug-likeness (QED) is 0.432. The lowest BCUT2D eigenvalue weighted by Crippen LogP contribution is -1.87. The van der Waals surface area contributed by atoms with Crippen molar-refractivity contribution in [3.05, 3.63) is 0 Å². The smallest absolute Gasteiger partial charge is 0.186 e. The molecule has 0 spiro atoms. The summed E-state index contributed by atoms with van der Waals surface area (Å²) in [5.74, 6) is 0. The summed E-state index contributed by atoms with van der Waals surface area (Å²) in [7, 11) is 0. The molecule has 0 bridgehead atoms. The second-order valence-corrected chi connectivity index (χ2v) is 13.1. The molecule has 0 aromatic carbocycles. The highest BCUT2D eigenvalue weighted by Gasteiger charge is 1.97. The van der Waals surface area contributed by atoms with Crippen LogP contribution in [0.25, 0.3) is 0 Å². The van der Waals surface area contributed by atoms with Crippen molar-refractivity contribution < 1.29 is 0 Å². The van der Waals surface area contributed by atoms with Crippen molar-refractivity contribution in [3.63, 3.8) is 0 Å². The van der Waals surface area contributed by atoms with Crippen LogP contribution in [0.2, 0.25) is 6.04 Å². The third-order valence-corrected chi connectivity index (χ3v) is 4.30. The van der Waals surface area contributed by atoms with E-state index in [9.17, 15) is 0 Å². The number of nitriles is 1. The van der Waals surface area contributed by atoms with Gasteiger partial charge in [0.15, 0.2) is 6.04 Å². The minimum absolute atomic E-state index is 0.695. The maximum Gasteiger partial charge on any atom is 0.186 e. The van der Waals surface area contributed by atoms with Crippen LogP contribution in [0.4, 0.5) is 0 Å². The second kappa shape index (κ2) is 5.80. The molecule has 0 aliphatic heterocycles. The predicted octanol–water partition coefficient (Wildman–Crippen LogP) is 2.30. The molecular weight excluding hydrogens is 250 g/mol. The van der Waals surface area contributed by atoms with Crippen LogP contribution in [0.1, 0.15) is 12.8 Å². The van der Waals surface area contributed by atoms with Gasteiger partial charge < -0.3 is 0 Å². The minimum Gasteiger partial charge on any atom is -0.198 e. The van der Waals surface area contributed by atoms with E-state index < -0.39 is 6.04 Å². The Labute approximate surface area is 66.8 Å². The SMILES string of the molecule is N#CCCC[SiH](Br)Br. The standard InChI is InChI=1S/C4H7Br2NSi/c5-8(6)4-2-1-3-7/h8H,1-2,4H2. The first-order valence-electron chi connectivity index (χ1n) is 2.42. The Bertz CT molecular complexity index is 88.5. The molecule has 0 N–H and O–H groups in total. The zero-order chi connectivity index (χ0) is 6.41. The van der Waals surface area contributed by atoms with Crippen LogP contribution in [0, 0.1) is 11.3 Å². The maximum atomic E-state index is 8.11. The van der Waals surface area contributed by atoms with Crippen molar-refractivity contribution in [3.8, 4) is 6.07 Å². The molecule has 0 aliphatic rings. The summed E-state index contributed by atoms with van der Waals surface area (Å²) in [6.45, 7) is 0. The van der Waals surface area contributed by atoms with E-state index in [1.165, 1.54) is 0 Å². The Morgan fingerprint density at radius 2 is 2.12 bits per heavy atom. The van der Waals surface area contributed by atoms with Crippen molar-refractivity contribution >= 4 is 36.6 Å². The number of unbranched alkanes of at least 4 members (excludes halogenated alkanes) is 1. The Morgan fingerprint density at radius 1 is 1.50 bits per heavy atom. The van der Waals surface area contributed by atoms with Crippen LogP contribution in [0.3, 0.4) is 0 Å². The summed E-state index contributed by atoms with van der Waals surface area (Å²) in [4.78, 5) is 0. The van der Waals surface area contributed by atoms with E-state index in [1.807, 2.05) is 0 Å². The van der Waals surface area contributed by atoms with E-state index in [2.05, 4.69) is 36.7 Å². The molecule has 0 unspecified atom stereocenters. The predicted molar refractivity (Wildman–Crippen MR) is 44.7 cm³/mol. The van der Waals surface area contributed by atoms with E-state index in [0.29, 0.717) is 6.42 Å². The van der Waals surface area contributed by atoms with Crippen molar-refractivity contribution in [2.45, 2.75) is 18.9 Å². The molecule has 0 rings (SSSR count). The lowest BCUT2D eigenvalue weighted by atomic mass is 10.4. The van der Waals surface area contributed by atoms with E-state index in [1.54, 1.807) is 0 Å². The van der Waals surface area contributed by atoms with Crippen LogP contribution < -0.4 is 0 Å². The maximum absolute atomic E-state index is 8.11. The molecule has 0 amide bonds. The molecule has 8 heavy (non-hydrogen) atoms. The van der Waals surface area contributed by atoms with Gasteiger partial charge in [-0.15, -0.1) is 30.6 Å². The highest BCUT2D eigenvalue weighted by molar-refractivity contribution is 9.49. The third kappa shape index (κ3) is 6.67. The van der Waals surface area contributed by atoms with Gasteiger partial charge in [-0.25, -0.2) is 0 Å². The van der Waals surface area contributed by atoms with Gasteiger partial charge in [-0.2, -0.15) is 5.26 Å². The molecule has 0 radical (unpaired) electrons. The zero-order valence-corrected chi connectivity index (χ0v) is 8.73. The average molecular weight is 257 g/mol. The molecule has 0 saturated carbocycles. The molecule has 0 aliphatic carbocycles. The van der Waals surface area contributed by atoms with E-state index in [4.69, 9.17) is 5.26 Å². The fourth-order valence-corrected chi connectivity index (χ4v) is 2.79. The summed E-state index contributed by atoms with van der Waals surface area (Å²) in [5.41, 5.74) is 0. The molecule has 46 valence electrons. The highest BCUT2D eigenvalue weighted by atomic mass is 79.9. The lowest BCUT2D eigenvalue weighted by Gasteiger charge is -1.91. The summed E-state index contributed by atoms with van der Waals surface area (Å²) in [5, 5.41) is 8.11. The van der Waals surface area contributed by atoms with Gasteiger partial charge in [0.05, 0.1) is 6.07 Å². The van der Waals surface area contributed by atoms with E-state index in [-0.39, 0.29) is 0 Å². The second-order valence-electron chi connectivity index (χ2n) is 1.44. The Kier molecular flexibility index (Phi) is 6.28.